The number of H-pyrrole nitrogens is 1. The minimum absolute atomic E-state index is 0.0166. The predicted molar refractivity (Wildman–Crippen MR) is 138 cm³/mol. The first-order chi connectivity index (χ1) is 17.0. The first-order valence-corrected chi connectivity index (χ1v) is 11.7. The lowest BCUT2D eigenvalue weighted by molar-refractivity contribution is -0.118. The van der Waals surface area contributed by atoms with Crippen LogP contribution in [0.1, 0.15) is 30.9 Å². The highest BCUT2D eigenvalue weighted by atomic mass is 16.2. The second-order valence-corrected chi connectivity index (χ2v) is 8.40. The highest BCUT2D eigenvalue weighted by Crippen LogP contribution is 2.20. The van der Waals surface area contributed by atoms with Crippen LogP contribution >= 0.6 is 0 Å². The van der Waals surface area contributed by atoms with Crippen LogP contribution in [-0.4, -0.2) is 26.6 Å². The number of nitrogens with zero attached hydrogens (tertiary/aromatic N) is 3. The maximum absolute atomic E-state index is 13.4. The van der Waals surface area contributed by atoms with Crippen molar-refractivity contribution in [3.05, 3.63) is 111 Å². The lowest BCUT2D eigenvalue weighted by Crippen LogP contribution is -2.42. The highest BCUT2D eigenvalue weighted by Gasteiger charge is 2.24. The molecule has 2 aromatic heterocycles. The van der Waals surface area contributed by atoms with Crippen LogP contribution < -0.4 is 21.9 Å². The molecule has 0 aliphatic heterocycles. The number of hydrogen-bond donors (Lipinski definition) is 2. The van der Waals surface area contributed by atoms with Crippen molar-refractivity contribution in [1.82, 2.24) is 14.1 Å². The van der Waals surface area contributed by atoms with Gasteiger partial charge in [-0.1, -0.05) is 55.8 Å². The second kappa shape index (κ2) is 10.7. The van der Waals surface area contributed by atoms with Crippen LogP contribution in [0.5, 0.6) is 0 Å². The fourth-order valence-electron chi connectivity index (χ4n) is 4.00. The minimum Gasteiger partial charge on any atom is -0.383 e. The van der Waals surface area contributed by atoms with Crippen LogP contribution in [0.4, 0.5) is 11.5 Å². The van der Waals surface area contributed by atoms with Gasteiger partial charge in [0.1, 0.15) is 5.82 Å². The van der Waals surface area contributed by atoms with E-state index in [1.165, 1.54) is 9.47 Å². The van der Waals surface area contributed by atoms with E-state index < -0.39 is 11.2 Å². The van der Waals surface area contributed by atoms with Crippen molar-refractivity contribution < 1.29 is 4.79 Å². The number of aromatic amines is 1. The Morgan fingerprint density at radius 3 is 2.29 bits per heavy atom. The molecular weight excluding hydrogens is 442 g/mol. The Balaban J connectivity index is 1.64. The van der Waals surface area contributed by atoms with Crippen molar-refractivity contribution in [3.8, 4) is 5.69 Å². The number of unbranched alkanes of at least 4 members (excludes halogenated alkanes) is 1. The van der Waals surface area contributed by atoms with Gasteiger partial charge >= 0.3 is 5.69 Å². The summed E-state index contributed by atoms with van der Waals surface area (Å²) in [6.45, 7) is 2.52. The fourth-order valence-corrected chi connectivity index (χ4v) is 4.00. The van der Waals surface area contributed by atoms with Crippen molar-refractivity contribution in [2.45, 2.75) is 32.7 Å². The molecular formula is C27H29N5O3. The Bertz CT molecular complexity index is 1390. The van der Waals surface area contributed by atoms with Crippen LogP contribution in [0.25, 0.3) is 5.69 Å². The number of carbonyl (C=O) groups excluding carboxylic acids is 1. The molecule has 0 saturated carbocycles. The Labute approximate surface area is 203 Å². The predicted octanol–water partition coefficient (Wildman–Crippen LogP) is 3.33. The Kier molecular flexibility index (Phi) is 7.30. The third kappa shape index (κ3) is 5.43. The lowest BCUT2D eigenvalue weighted by atomic mass is 10.1. The number of amides is 1. The normalized spacial score (nSPS) is 10.9. The van der Waals surface area contributed by atoms with Gasteiger partial charge in [0, 0.05) is 24.6 Å². The molecule has 180 valence electrons. The van der Waals surface area contributed by atoms with Crippen LogP contribution in [0.15, 0.2) is 88.7 Å². The third-order valence-electron chi connectivity index (χ3n) is 5.90. The molecule has 0 fully saturated rings. The summed E-state index contributed by atoms with van der Waals surface area (Å²) >= 11 is 0. The molecule has 0 aliphatic carbocycles. The summed E-state index contributed by atoms with van der Waals surface area (Å²) in [7, 11) is 0. The molecule has 0 unspecified atom stereocenters. The summed E-state index contributed by atoms with van der Waals surface area (Å²) in [5.41, 5.74) is 7.77. The maximum atomic E-state index is 13.4. The highest BCUT2D eigenvalue weighted by molar-refractivity contribution is 5.96. The van der Waals surface area contributed by atoms with E-state index in [0.717, 1.165) is 23.2 Å². The summed E-state index contributed by atoms with van der Waals surface area (Å²) in [6, 6.07) is 20.9. The van der Waals surface area contributed by atoms with Crippen LogP contribution in [-0.2, 0) is 17.8 Å². The fraction of sp³-hybridized carbons (Fsp3) is 0.222. The number of nitrogen functional groups attached to an aromatic ring is 1. The number of carbonyl (C=O) groups is 1. The van der Waals surface area contributed by atoms with E-state index in [4.69, 9.17) is 5.73 Å². The number of nitrogens with two attached hydrogens (primary N) is 1. The largest absolute Gasteiger partial charge is 0.383 e. The quantitative estimate of drug-likeness (QED) is 0.390. The van der Waals surface area contributed by atoms with Gasteiger partial charge in [0.2, 0.25) is 5.91 Å². The smallest absolute Gasteiger partial charge is 0.330 e. The zero-order chi connectivity index (χ0) is 24.8. The molecule has 0 radical (unpaired) electrons. The molecule has 0 bridgehead atoms. The number of hydrogen-bond acceptors (Lipinski definition) is 4. The van der Waals surface area contributed by atoms with E-state index >= 15 is 0 Å². The SMILES string of the molecule is CCCCN(C(=O)Cc1ccc(-n2cccc2)cc1)c1c(N)n(Cc2ccccc2)c(=O)[nH]c1=O. The van der Waals surface area contributed by atoms with Gasteiger partial charge in [-0.2, -0.15) is 0 Å². The monoisotopic (exact) mass is 471 g/mol. The number of benzene rings is 2. The molecule has 2 heterocycles. The lowest BCUT2D eigenvalue weighted by Gasteiger charge is -2.24. The number of rotatable bonds is 9. The topological polar surface area (TPSA) is 106 Å². The molecule has 8 heteroatoms. The van der Waals surface area contributed by atoms with Gasteiger partial charge in [-0.25, -0.2) is 4.79 Å². The van der Waals surface area contributed by atoms with Gasteiger partial charge in [-0.15, -0.1) is 0 Å². The first kappa shape index (κ1) is 23.8. The summed E-state index contributed by atoms with van der Waals surface area (Å²) in [5.74, 6) is -0.274. The van der Waals surface area contributed by atoms with Crippen LogP contribution in [0.3, 0.4) is 0 Å². The molecule has 0 atom stereocenters. The molecule has 4 rings (SSSR count). The Hall–Kier alpha value is -4.33. The average molecular weight is 472 g/mol. The van der Waals surface area contributed by atoms with Gasteiger partial charge in [0.25, 0.3) is 5.56 Å². The number of nitrogens with one attached hydrogen (secondary N) is 1. The molecule has 4 aromatic rings. The van der Waals surface area contributed by atoms with Gasteiger partial charge in [-0.05, 0) is 41.8 Å². The van der Waals surface area contributed by atoms with Gasteiger partial charge in [-0.3, -0.25) is 19.1 Å². The summed E-state index contributed by atoms with van der Waals surface area (Å²) in [6.07, 6.45) is 5.52. The number of aromatic nitrogens is 3. The summed E-state index contributed by atoms with van der Waals surface area (Å²) in [5, 5.41) is 0. The van der Waals surface area contributed by atoms with Crippen LogP contribution in [0, 0.1) is 0 Å². The van der Waals surface area contributed by atoms with Crippen molar-refractivity contribution in [1.29, 1.82) is 0 Å². The van der Waals surface area contributed by atoms with E-state index in [1.54, 1.807) is 0 Å². The van der Waals surface area contributed by atoms with E-state index in [9.17, 15) is 14.4 Å². The maximum Gasteiger partial charge on any atom is 0.330 e. The van der Waals surface area contributed by atoms with Crippen molar-refractivity contribution in [2.75, 3.05) is 17.2 Å². The zero-order valence-corrected chi connectivity index (χ0v) is 19.7. The van der Waals surface area contributed by atoms with E-state index in [0.29, 0.717) is 13.0 Å². The summed E-state index contributed by atoms with van der Waals surface area (Å²) < 4.78 is 3.28. The Morgan fingerprint density at radius 1 is 0.943 bits per heavy atom. The third-order valence-corrected chi connectivity index (χ3v) is 5.90. The minimum atomic E-state index is -0.663. The molecule has 3 N–H and O–H groups in total. The molecule has 35 heavy (non-hydrogen) atoms. The second-order valence-electron chi connectivity index (χ2n) is 8.40. The summed E-state index contributed by atoms with van der Waals surface area (Å²) in [4.78, 5) is 42.6. The van der Waals surface area contributed by atoms with Gasteiger partial charge in [0.15, 0.2) is 5.69 Å². The van der Waals surface area contributed by atoms with Crippen molar-refractivity contribution in [3.63, 3.8) is 0 Å². The molecule has 8 nitrogen and oxygen atoms in total. The molecule has 2 aromatic carbocycles. The number of anilines is 2. The molecule has 0 spiro atoms. The van der Waals surface area contributed by atoms with Crippen molar-refractivity contribution in [2.24, 2.45) is 0 Å². The van der Waals surface area contributed by atoms with E-state index in [2.05, 4.69) is 4.98 Å². The molecule has 1 amide bonds. The standard InChI is InChI=1S/C27H29N5O3/c1-2-3-17-31(23(33)18-20-11-13-22(14-12-20)30-15-7-8-16-30)24-25(28)32(27(35)29-26(24)34)19-21-9-5-4-6-10-21/h4-16H,2-3,17-19,28H2,1H3,(H,29,34,35). The molecule has 0 aliphatic rings. The van der Waals surface area contributed by atoms with E-state index in [1.807, 2.05) is 90.6 Å². The average Bonchev–Trinajstić information content (AvgIpc) is 3.40. The van der Waals surface area contributed by atoms with Gasteiger partial charge < -0.3 is 15.2 Å². The van der Waals surface area contributed by atoms with Gasteiger partial charge in [0.05, 0.1) is 13.0 Å². The first-order valence-electron chi connectivity index (χ1n) is 11.7. The Morgan fingerprint density at radius 2 is 1.63 bits per heavy atom. The molecule has 0 saturated heterocycles. The van der Waals surface area contributed by atoms with Crippen molar-refractivity contribution >= 4 is 17.4 Å². The zero-order valence-electron chi connectivity index (χ0n) is 19.7. The van der Waals surface area contributed by atoms with E-state index in [-0.39, 0.29) is 30.4 Å². The van der Waals surface area contributed by atoms with Crippen LogP contribution in [0.2, 0.25) is 0 Å².